The van der Waals surface area contributed by atoms with Crippen LogP contribution in [0.15, 0.2) is 42.5 Å². The Kier molecular flexibility index (Phi) is 4.27. The molecule has 0 spiro atoms. The van der Waals surface area contributed by atoms with E-state index in [1.807, 2.05) is 19.9 Å². The average Bonchev–Trinajstić information content (AvgIpc) is 2.97. The number of amides is 2. The number of hydrogen-bond acceptors (Lipinski definition) is 2. The zero-order valence-corrected chi connectivity index (χ0v) is 14.0. The van der Waals surface area contributed by atoms with Crippen LogP contribution < -0.4 is 10.9 Å². The molecule has 24 heavy (non-hydrogen) atoms. The monoisotopic (exact) mass is 341 g/mol. The predicted octanol–water partition coefficient (Wildman–Crippen LogP) is 3.51. The van der Waals surface area contributed by atoms with E-state index in [9.17, 15) is 9.59 Å². The molecule has 2 aromatic carbocycles. The quantitative estimate of drug-likeness (QED) is 0.624. The van der Waals surface area contributed by atoms with Gasteiger partial charge in [0.1, 0.15) is 5.69 Å². The molecular weight excluding hydrogens is 326 g/mol. The van der Waals surface area contributed by atoms with Crippen LogP contribution in [0.4, 0.5) is 0 Å². The molecule has 0 unspecified atom stereocenters. The van der Waals surface area contributed by atoms with Gasteiger partial charge >= 0.3 is 0 Å². The van der Waals surface area contributed by atoms with Gasteiger partial charge in [-0.25, -0.2) is 0 Å². The van der Waals surface area contributed by atoms with Gasteiger partial charge in [-0.2, -0.15) is 0 Å². The number of hydrazine groups is 1. The molecule has 1 aromatic heterocycles. The molecule has 1 heterocycles. The number of carbonyl (C=O) groups is 2. The van der Waals surface area contributed by atoms with Crippen LogP contribution in [0.3, 0.4) is 0 Å². The van der Waals surface area contributed by atoms with Gasteiger partial charge in [0, 0.05) is 10.9 Å². The van der Waals surface area contributed by atoms with Crippen molar-refractivity contribution in [2.75, 3.05) is 0 Å². The lowest BCUT2D eigenvalue weighted by molar-refractivity contribution is 0.0844. The molecule has 0 aliphatic carbocycles. The molecule has 3 N–H and O–H groups in total. The van der Waals surface area contributed by atoms with Crippen molar-refractivity contribution in [2.24, 2.45) is 0 Å². The van der Waals surface area contributed by atoms with Crippen LogP contribution in [-0.2, 0) is 0 Å². The molecule has 0 saturated heterocycles. The first-order valence-electron chi connectivity index (χ1n) is 7.41. The van der Waals surface area contributed by atoms with Crippen molar-refractivity contribution >= 4 is 34.3 Å². The van der Waals surface area contributed by atoms with Crippen molar-refractivity contribution in [3.8, 4) is 0 Å². The molecule has 2 amide bonds. The third kappa shape index (κ3) is 3.12. The van der Waals surface area contributed by atoms with Crippen LogP contribution in [0, 0.1) is 13.8 Å². The summed E-state index contributed by atoms with van der Waals surface area (Å²) >= 11 is 5.96. The first-order chi connectivity index (χ1) is 11.5. The van der Waals surface area contributed by atoms with E-state index < -0.39 is 11.8 Å². The molecule has 0 atom stereocenters. The molecule has 0 fully saturated rings. The van der Waals surface area contributed by atoms with Gasteiger partial charge in [-0.3, -0.25) is 20.4 Å². The van der Waals surface area contributed by atoms with Gasteiger partial charge in [-0.05, 0) is 49.2 Å². The number of rotatable bonds is 2. The first-order valence-corrected chi connectivity index (χ1v) is 7.78. The third-order valence-electron chi connectivity index (χ3n) is 3.74. The summed E-state index contributed by atoms with van der Waals surface area (Å²) in [5.41, 5.74) is 8.50. The van der Waals surface area contributed by atoms with E-state index in [1.165, 1.54) is 0 Å². The molecule has 0 bridgehead atoms. The van der Waals surface area contributed by atoms with E-state index in [-0.39, 0.29) is 0 Å². The molecule has 5 nitrogen and oxygen atoms in total. The second-order valence-corrected chi connectivity index (χ2v) is 6.02. The molecule has 0 aliphatic heterocycles. The minimum atomic E-state index is -0.475. The zero-order chi connectivity index (χ0) is 17.3. The van der Waals surface area contributed by atoms with Crippen molar-refractivity contribution in [1.29, 1.82) is 0 Å². The van der Waals surface area contributed by atoms with E-state index in [0.29, 0.717) is 16.3 Å². The van der Waals surface area contributed by atoms with Crippen molar-refractivity contribution in [2.45, 2.75) is 13.8 Å². The molecular formula is C18H16ClN3O2. The van der Waals surface area contributed by atoms with Crippen LogP contribution >= 0.6 is 11.6 Å². The number of hydrogen-bond donors (Lipinski definition) is 3. The van der Waals surface area contributed by atoms with Gasteiger partial charge in [0.15, 0.2) is 0 Å². The fraction of sp³-hybridized carbons (Fsp3) is 0.111. The van der Waals surface area contributed by atoms with E-state index in [1.54, 1.807) is 30.3 Å². The average molecular weight is 342 g/mol. The first kappa shape index (κ1) is 16.1. The Morgan fingerprint density at radius 1 is 1.00 bits per heavy atom. The predicted molar refractivity (Wildman–Crippen MR) is 94.2 cm³/mol. The summed E-state index contributed by atoms with van der Waals surface area (Å²) < 4.78 is 0. The van der Waals surface area contributed by atoms with Gasteiger partial charge in [0.05, 0.1) is 10.6 Å². The van der Waals surface area contributed by atoms with Crippen LogP contribution in [0.1, 0.15) is 32.0 Å². The number of nitrogens with one attached hydrogen (secondary N) is 3. The summed E-state index contributed by atoms with van der Waals surface area (Å²) in [4.78, 5) is 27.4. The van der Waals surface area contributed by atoms with Crippen molar-refractivity contribution < 1.29 is 9.59 Å². The van der Waals surface area contributed by atoms with Gasteiger partial charge in [-0.1, -0.05) is 29.8 Å². The smallest absolute Gasteiger partial charge is 0.286 e. The highest BCUT2D eigenvalue weighted by atomic mass is 35.5. The highest BCUT2D eigenvalue weighted by Crippen LogP contribution is 2.21. The van der Waals surface area contributed by atoms with Crippen LogP contribution in [-0.4, -0.2) is 16.8 Å². The van der Waals surface area contributed by atoms with Gasteiger partial charge in [0.2, 0.25) is 0 Å². The maximum Gasteiger partial charge on any atom is 0.286 e. The lowest BCUT2D eigenvalue weighted by Gasteiger charge is -2.07. The van der Waals surface area contributed by atoms with Crippen molar-refractivity contribution in [3.63, 3.8) is 0 Å². The van der Waals surface area contributed by atoms with Crippen molar-refractivity contribution in [1.82, 2.24) is 15.8 Å². The second-order valence-electron chi connectivity index (χ2n) is 5.61. The lowest BCUT2D eigenvalue weighted by Crippen LogP contribution is -2.41. The molecule has 0 aliphatic rings. The topological polar surface area (TPSA) is 74.0 Å². The number of aromatic nitrogens is 1. The molecule has 0 radical (unpaired) electrons. The summed E-state index contributed by atoms with van der Waals surface area (Å²) in [7, 11) is 0. The number of carbonyl (C=O) groups excluding carboxylic acids is 2. The van der Waals surface area contributed by atoms with E-state index in [2.05, 4.69) is 21.9 Å². The van der Waals surface area contributed by atoms with Crippen LogP contribution in [0.2, 0.25) is 5.02 Å². The Morgan fingerprint density at radius 3 is 2.46 bits per heavy atom. The Balaban J connectivity index is 1.75. The van der Waals surface area contributed by atoms with Crippen molar-refractivity contribution in [3.05, 3.63) is 69.9 Å². The largest absolute Gasteiger partial charge is 0.350 e. The van der Waals surface area contributed by atoms with Gasteiger partial charge in [0.25, 0.3) is 11.8 Å². The van der Waals surface area contributed by atoms with E-state index >= 15 is 0 Å². The molecule has 3 aromatic rings. The third-order valence-corrected chi connectivity index (χ3v) is 4.07. The maximum atomic E-state index is 12.2. The normalized spacial score (nSPS) is 10.6. The Labute approximate surface area is 144 Å². The number of aromatic amines is 1. The minimum absolute atomic E-state index is 0.294. The Morgan fingerprint density at radius 2 is 1.71 bits per heavy atom. The SMILES string of the molecule is Cc1cc(C)c2cc(C(=O)NNC(=O)c3ccccc3Cl)[nH]c2c1. The number of H-pyrrole nitrogens is 1. The fourth-order valence-electron chi connectivity index (χ4n) is 2.62. The van der Waals surface area contributed by atoms with Gasteiger partial charge in [-0.15, -0.1) is 0 Å². The Hall–Kier alpha value is -2.79. The summed E-state index contributed by atoms with van der Waals surface area (Å²) in [6, 6.07) is 12.4. The maximum absolute atomic E-state index is 12.2. The summed E-state index contributed by atoms with van der Waals surface area (Å²) in [6.45, 7) is 3.99. The summed E-state index contributed by atoms with van der Waals surface area (Å²) in [6.07, 6.45) is 0. The Bertz CT molecular complexity index is 947. The standard InChI is InChI=1S/C18H16ClN3O2/c1-10-7-11(2)13-9-16(20-15(13)8-10)18(24)22-21-17(23)12-5-3-4-6-14(12)19/h3-9,20H,1-2H3,(H,21,23)(H,22,24). The number of fused-ring (bicyclic) bond motifs is 1. The molecule has 3 rings (SSSR count). The van der Waals surface area contributed by atoms with Crippen LogP contribution in [0.25, 0.3) is 10.9 Å². The second kappa shape index (κ2) is 6.37. The summed E-state index contributed by atoms with van der Waals surface area (Å²) in [5, 5.41) is 1.30. The number of benzene rings is 2. The highest BCUT2D eigenvalue weighted by molar-refractivity contribution is 6.33. The van der Waals surface area contributed by atoms with E-state index in [4.69, 9.17) is 11.6 Å². The molecule has 122 valence electrons. The molecule has 6 heteroatoms. The minimum Gasteiger partial charge on any atom is -0.350 e. The lowest BCUT2D eigenvalue weighted by atomic mass is 10.1. The van der Waals surface area contributed by atoms with Gasteiger partial charge < -0.3 is 4.98 Å². The zero-order valence-electron chi connectivity index (χ0n) is 13.2. The van der Waals surface area contributed by atoms with Crippen LogP contribution in [0.5, 0.6) is 0 Å². The molecule has 0 saturated carbocycles. The fourth-order valence-corrected chi connectivity index (χ4v) is 2.84. The summed E-state index contributed by atoms with van der Waals surface area (Å²) in [5.74, 6) is -0.902. The van der Waals surface area contributed by atoms with E-state index in [0.717, 1.165) is 22.0 Å². The highest BCUT2D eigenvalue weighted by Gasteiger charge is 2.14. The number of halogens is 1. The number of aryl methyl sites for hydroxylation is 2.